The number of benzene rings is 3. The Morgan fingerprint density at radius 3 is 2.14 bits per heavy atom. The third kappa shape index (κ3) is 7.34. The SMILES string of the molecule is Cc1cc(N(CCC#N)CCC#N)ccc1/C(N=Nc1ccccc1)=N/NC(=O)c1ccccc1. The number of nitriles is 2. The van der Waals surface area contributed by atoms with Crippen LogP contribution >= 0.6 is 0 Å². The number of aryl methyl sites for hydroxylation is 1. The van der Waals surface area contributed by atoms with E-state index in [-0.39, 0.29) is 11.7 Å². The largest absolute Gasteiger partial charge is 0.369 e. The summed E-state index contributed by atoms with van der Waals surface area (Å²) in [6, 6.07) is 28.1. The summed E-state index contributed by atoms with van der Waals surface area (Å²) in [6.07, 6.45) is 0.714. The summed E-state index contributed by atoms with van der Waals surface area (Å²) in [7, 11) is 0. The maximum atomic E-state index is 12.5. The molecule has 1 N–H and O–H groups in total. The van der Waals surface area contributed by atoms with Crippen LogP contribution < -0.4 is 10.3 Å². The van der Waals surface area contributed by atoms with Crippen LogP contribution in [0.25, 0.3) is 0 Å². The maximum Gasteiger partial charge on any atom is 0.271 e. The molecule has 0 unspecified atom stereocenters. The van der Waals surface area contributed by atoms with Gasteiger partial charge >= 0.3 is 0 Å². The number of carbonyl (C=O) groups excluding carboxylic acids is 1. The van der Waals surface area contributed by atoms with Gasteiger partial charge in [0.05, 0.1) is 30.7 Å². The molecule has 3 aromatic carbocycles. The van der Waals surface area contributed by atoms with Gasteiger partial charge in [-0.1, -0.05) is 36.4 Å². The molecule has 35 heavy (non-hydrogen) atoms. The van der Waals surface area contributed by atoms with Crippen molar-refractivity contribution in [1.29, 1.82) is 10.5 Å². The van der Waals surface area contributed by atoms with Crippen LogP contribution in [0.4, 0.5) is 11.4 Å². The van der Waals surface area contributed by atoms with Gasteiger partial charge in [-0.15, -0.1) is 15.3 Å². The molecular formula is C27H25N7O. The summed E-state index contributed by atoms with van der Waals surface area (Å²) in [4.78, 5) is 14.5. The third-order valence-electron chi connectivity index (χ3n) is 5.12. The minimum atomic E-state index is -0.355. The topological polar surface area (TPSA) is 117 Å². The Hall–Kier alpha value is -4.82. The molecule has 0 aliphatic carbocycles. The van der Waals surface area contributed by atoms with Crippen molar-refractivity contribution >= 4 is 23.1 Å². The number of hydrazone groups is 1. The number of amides is 1. The number of amidine groups is 1. The van der Waals surface area contributed by atoms with Crippen molar-refractivity contribution in [3.05, 3.63) is 95.6 Å². The van der Waals surface area contributed by atoms with Gasteiger partial charge in [-0.2, -0.15) is 10.5 Å². The van der Waals surface area contributed by atoms with Crippen LogP contribution in [0.5, 0.6) is 0 Å². The molecule has 0 spiro atoms. The monoisotopic (exact) mass is 463 g/mol. The summed E-state index contributed by atoms with van der Waals surface area (Å²) < 4.78 is 0. The van der Waals surface area contributed by atoms with E-state index in [0.29, 0.717) is 42.7 Å². The lowest BCUT2D eigenvalue weighted by Crippen LogP contribution is -2.25. The zero-order chi connectivity index (χ0) is 24.9. The van der Waals surface area contributed by atoms with Gasteiger partial charge in [0.1, 0.15) is 0 Å². The number of anilines is 1. The van der Waals surface area contributed by atoms with Crippen molar-refractivity contribution in [3.8, 4) is 12.1 Å². The lowest BCUT2D eigenvalue weighted by molar-refractivity contribution is 0.0955. The Labute approximate surface area is 204 Å². The minimum absolute atomic E-state index is 0.253. The average Bonchev–Trinajstić information content (AvgIpc) is 2.90. The highest BCUT2D eigenvalue weighted by Gasteiger charge is 2.13. The lowest BCUT2D eigenvalue weighted by Gasteiger charge is -2.23. The van der Waals surface area contributed by atoms with Gasteiger partial charge in [0, 0.05) is 29.9 Å². The second-order valence-electron chi connectivity index (χ2n) is 7.58. The second kappa shape index (κ2) is 13.0. The quantitative estimate of drug-likeness (QED) is 0.195. The average molecular weight is 464 g/mol. The maximum absolute atomic E-state index is 12.5. The van der Waals surface area contributed by atoms with Crippen LogP contribution in [0, 0.1) is 29.6 Å². The predicted octanol–water partition coefficient (Wildman–Crippen LogP) is 5.50. The number of azo groups is 1. The Balaban J connectivity index is 1.92. The summed E-state index contributed by atoms with van der Waals surface area (Å²) in [5.74, 6) is -0.103. The number of nitrogens with one attached hydrogen (secondary N) is 1. The van der Waals surface area contributed by atoms with Gasteiger partial charge in [-0.05, 0) is 55.0 Å². The normalized spacial score (nSPS) is 11.0. The molecule has 0 saturated heterocycles. The van der Waals surface area contributed by atoms with Gasteiger partial charge < -0.3 is 4.90 Å². The van der Waals surface area contributed by atoms with Gasteiger partial charge in [-0.3, -0.25) is 4.79 Å². The summed E-state index contributed by atoms with van der Waals surface area (Å²) >= 11 is 0. The van der Waals surface area contributed by atoms with E-state index >= 15 is 0 Å². The fourth-order valence-corrected chi connectivity index (χ4v) is 3.33. The summed E-state index contributed by atoms with van der Waals surface area (Å²) in [5.41, 5.74) is 6.15. The van der Waals surface area contributed by atoms with Crippen molar-refractivity contribution < 1.29 is 4.79 Å². The molecule has 0 aliphatic rings. The number of nitrogens with zero attached hydrogens (tertiary/aromatic N) is 6. The molecule has 8 heteroatoms. The highest BCUT2D eigenvalue weighted by Crippen LogP contribution is 2.22. The molecule has 0 radical (unpaired) electrons. The Morgan fingerprint density at radius 2 is 1.54 bits per heavy atom. The van der Waals surface area contributed by atoms with Crippen molar-refractivity contribution in [1.82, 2.24) is 5.43 Å². The first kappa shape index (κ1) is 24.8. The number of hydrogen-bond acceptors (Lipinski definition) is 6. The molecule has 1 amide bonds. The van der Waals surface area contributed by atoms with Crippen LogP contribution in [0.1, 0.15) is 34.3 Å². The number of rotatable bonds is 9. The van der Waals surface area contributed by atoms with E-state index in [1.165, 1.54) is 0 Å². The van der Waals surface area contributed by atoms with E-state index in [9.17, 15) is 4.79 Å². The molecule has 3 aromatic rings. The smallest absolute Gasteiger partial charge is 0.271 e. The van der Waals surface area contributed by atoms with E-state index in [1.807, 2.05) is 66.4 Å². The van der Waals surface area contributed by atoms with Gasteiger partial charge in [0.25, 0.3) is 5.91 Å². The predicted molar refractivity (Wildman–Crippen MR) is 135 cm³/mol. The highest BCUT2D eigenvalue weighted by molar-refractivity contribution is 6.02. The molecule has 0 saturated carbocycles. The zero-order valence-electron chi connectivity index (χ0n) is 19.4. The molecule has 174 valence electrons. The van der Waals surface area contributed by atoms with Crippen molar-refractivity contribution in [2.45, 2.75) is 19.8 Å². The number of carbonyl (C=O) groups is 1. The summed E-state index contributed by atoms with van der Waals surface area (Å²) in [6.45, 7) is 2.97. The fraction of sp³-hybridized carbons (Fsp3) is 0.185. The minimum Gasteiger partial charge on any atom is -0.369 e. The van der Waals surface area contributed by atoms with Crippen molar-refractivity contribution in [3.63, 3.8) is 0 Å². The Bertz CT molecular complexity index is 1250. The summed E-state index contributed by atoms with van der Waals surface area (Å²) in [5, 5.41) is 30.8. The standard InChI is InChI=1S/C27H25N7O/c1-21-20-24(34(18-8-16-28)19-9-17-29)14-15-25(21)26(31-30-23-12-6-3-7-13-23)32-33-27(35)22-10-4-2-5-11-22/h2-7,10-15,20H,8-9,18-19H2,1H3,(H,33,35)/b31-30?,32-26-. The molecule has 3 rings (SSSR count). The molecular weight excluding hydrogens is 438 g/mol. The van der Waals surface area contributed by atoms with E-state index in [0.717, 1.165) is 11.3 Å². The van der Waals surface area contributed by atoms with Crippen LogP contribution in [0.2, 0.25) is 0 Å². The van der Waals surface area contributed by atoms with E-state index in [4.69, 9.17) is 10.5 Å². The van der Waals surface area contributed by atoms with Crippen LogP contribution in [0.15, 0.2) is 94.2 Å². The zero-order valence-corrected chi connectivity index (χ0v) is 19.4. The van der Waals surface area contributed by atoms with Crippen LogP contribution in [-0.2, 0) is 0 Å². The molecule has 0 fully saturated rings. The van der Waals surface area contributed by atoms with E-state index in [1.54, 1.807) is 24.3 Å². The molecule has 0 aliphatic heterocycles. The molecule has 0 aromatic heterocycles. The lowest BCUT2D eigenvalue weighted by atomic mass is 10.1. The van der Waals surface area contributed by atoms with Gasteiger partial charge in [0.2, 0.25) is 5.84 Å². The fourth-order valence-electron chi connectivity index (χ4n) is 3.33. The highest BCUT2D eigenvalue weighted by atomic mass is 16.2. The first-order valence-electron chi connectivity index (χ1n) is 11.1. The molecule has 0 heterocycles. The van der Waals surface area contributed by atoms with Gasteiger partial charge in [-0.25, -0.2) is 5.43 Å². The van der Waals surface area contributed by atoms with E-state index in [2.05, 4.69) is 32.9 Å². The Kier molecular flexibility index (Phi) is 9.23. The Morgan fingerprint density at radius 1 is 0.914 bits per heavy atom. The molecule has 0 bridgehead atoms. The molecule has 0 atom stereocenters. The number of hydrogen-bond donors (Lipinski definition) is 1. The van der Waals surface area contributed by atoms with Crippen LogP contribution in [0.3, 0.4) is 0 Å². The van der Waals surface area contributed by atoms with Crippen molar-refractivity contribution in [2.75, 3.05) is 18.0 Å². The van der Waals surface area contributed by atoms with Gasteiger partial charge in [0.15, 0.2) is 0 Å². The first-order valence-corrected chi connectivity index (χ1v) is 11.1. The van der Waals surface area contributed by atoms with E-state index < -0.39 is 0 Å². The van der Waals surface area contributed by atoms with Crippen molar-refractivity contribution in [2.24, 2.45) is 15.3 Å². The molecule has 8 nitrogen and oxygen atoms in total. The van der Waals surface area contributed by atoms with Crippen LogP contribution in [-0.4, -0.2) is 24.8 Å². The first-order chi connectivity index (χ1) is 17.1. The third-order valence-corrected chi connectivity index (χ3v) is 5.12. The second-order valence-corrected chi connectivity index (χ2v) is 7.58.